The Kier molecular flexibility index (Phi) is 9.26. The van der Waals surface area contributed by atoms with Crippen molar-refractivity contribution in [2.45, 2.75) is 44.4 Å². The van der Waals surface area contributed by atoms with E-state index < -0.39 is 5.41 Å². The summed E-state index contributed by atoms with van der Waals surface area (Å²) in [5.74, 6) is 0. The van der Waals surface area contributed by atoms with E-state index in [0.29, 0.717) is 0 Å². The third kappa shape index (κ3) is 6.13. The van der Waals surface area contributed by atoms with Gasteiger partial charge in [-0.3, -0.25) is 0 Å². The SMILES string of the molecule is CC(C)(C)c1ccc(-n2c3c(c4cc(C5(c6cccc(-c7cc(-n8c9ccccc9c9ccccc98)cc(-n8c9ccccc9c9ccccc98)c7)c6)c6ccccc6-c6ccccc65)ccc42)CCC=C3)cc1. The molecular formula is C71H53N3. The minimum atomic E-state index is -0.606. The molecule has 352 valence electrons. The van der Waals surface area contributed by atoms with Crippen molar-refractivity contribution in [2.75, 3.05) is 0 Å². The quantitative estimate of drug-likeness (QED) is 0.158. The number of allylic oxidation sites excluding steroid dienone is 1. The zero-order valence-electron chi connectivity index (χ0n) is 41.8. The number of nitrogens with zero attached hydrogens (tertiary/aromatic N) is 3. The summed E-state index contributed by atoms with van der Waals surface area (Å²) in [6, 6.07) is 87.1. The molecule has 2 aliphatic carbocycles. The second kappa shape index (κ2) is 16.0. The Labute approximate surface area is 431 Å². The van der Waals surface area contributed by atoms with Crippen molar-refractivity contribution < 1.29 is 0 Å². The van der Waals surface area contributed by atoms with E-state index in [-0.39, 0.29) is 5.41 Å². The highest BCUT2D eigenvalue weighted by molar-refractivity contribution is 6.11. The van der Waals surface area contributed by atoms with E-state index in [4.69, 9.17) is 0 Å². The van der Waals surface area contributed by atoms with Crippen LogP contribution < -0.4 is 0 Å². The molecule has 3 heteroatoms. The Morgan fingerprint density at radius 2 is 0.878 bits per heavy atom. The molecule has 3 nitrogen and oxygen atoms in total. The summed E-state index contributed by atoms with van der Waals surface area (Å²) in [5.41, 5.74) is 23.0. The van der Waals surface area contributed by atoms with E-state index in [9.17, 15) is 0 Å². The highest BCUT2D eigenvalue weighted by Crippen LogP contribution is 2.57. The number of aromatic nitrogens is 3. The fourth-order valence-corrected chi connectivity index (χ4v) is 13.2. The number of fused-ring (bicyclic) bond motifs is 12. The first-order chi connectivity index (χ1) is 36.3. The summed E-state index contributed by atoms with van der Waals surface area (Å²) < 4.78 is 7.44. The van der Waals surface area contributed by atoms with Crippen LogP contribution in [0.25, 0.3) is 99.9 Å². The standard InChI is InChI=1S/C71H53N3/c1-70(2,3)48-35-38-51(39-36-48)72-68-34-17-10-27-60(68)61-44-50(37-40-69(61)72)71(62-28-11-4-21-54(62)55-22-5-12-29-63(55)71)49-20-18-19-46(41-49)47-42-52(73-64-30-13-6-23-56(64)57-24-7-14-31-65(57)73)45-53(43-47)74-66-32-15-8-25-58(66)59-26-9-16-33-67(59)74/h4-9,11-26,28-45H,10,27H2,1-3H3. The smallest absolute Gasteiger partial charge is 0.0714 e. The molecule has 0 aliphatic heterocycles. The van der Waals surface area contributed by atoms with Gasteiger partial charge < -0.3 is 13.7 Å². The van der Waals surface area contributed by atoms with E-state index in [1.165, 1.54) is 116 Å². The molecule has 0 N–H and O–H groups in total. The van der Waals surface area contributed by atoms with Crippen LogP contribution in [0.2, 0.25) is 0 Å². The zero-order chi connectivity index (χ0) is 49.3. The molecule has 0 spiro atoms. The molecule has 0 radical (unpaired) electrons. The Hall–Kier alpha value is -8.92. The molecule has 10 aromatic carbocycles. The van der Waals surface area contributed by atoms with Crippen molar-refractivity contribution in [3.63, 3.8) is 0 Å². The summed E-state index contributed by atoms with van der Waals surface area (Å²) in [5, 5.41) is 6.32. The molecule has 74 heavy (non-hydrogen) atoms. The fourth-order valence-electron chi connectivity index (χ4n) is 13.2. The number of hydrogen-bond donors (Lipinski definition) is 0. The van der Waals surface area contributed by atoms with Gasteiger partial charge >= 0.3 is 0 Å². The number of benzene rings is 10. The van der Waals surface area contributed by atoms with E-state index in [1.807, 2.05) is 0 Å². The summed E-state index contributed by atoms with van der Waals surface area (Å²) in [6.45, 7) is 6.87. The van der Waals surface area contributed by atoms with Gasteiger partial charge in [0.15, 0.2) is 0 Å². The van der Waals surface area contributed by atoms with Crippen LogP contribution in [0.1, 0.15) is 66.3 Å². The first-order valence-electron chi connectivity index (χ1n) is 26.2. The maximum absolute atomic E-state index is 2.56. The lowest BCUT2D eigenvalue weighted by atomic mass is 9.67. The average molecular weight is 948 g/mol. The minimum absolute atomic E-state index is 0.0782. The molecule has 0 saturated heterocycles. The van der Waals surface area contributed by atoms with Gasteiger partial charge in [-0.15, -0.1) is 0 Å². The summed E-state index contributed by atoms with van der Waals surface area (Å²) >= 11 is 0. The fraction of sp³-hybridized carbons (Fsp3) is 0.0986. The number of aryl methyl sites for hydroxylation is 1. The van der Waals surface area contributed by atoms with Gasteiger partial charge in [-0.2, -0.15) is 0 Å². The Bertz CT molecular complexity index is 4180. The van der Waals surface area contributed by atoms with Gasteiger partial charge in [-0.05, 0) is 153 Å². The van der Waals surface area contributed by atoms with E-state index in [1.54, 1.807) is 0 Å². The van der Waals surface area contributed by atoms with Gasteiger partial charge in [0.05, 0.1) is 33.0 Å². The summed E-state index contributed by atoms with van der Waals surface area (Å²) in [4.78, 5) is 0. The van der Waals surface area contributed by atoms with Crippen LogP contribution in [-0.2, 0) is 17.3 Å². The molecule has 0 amide bonds. The molecule has 2 aliphatic rings. The Morgan fingerprint density at radius 1 is 0.378 bits per heavy atom. The predicted molar refractivity (Wildman–Crippen MR) is 311 cm³/mol. The molecule has 0 saturated carbocycles. The second-order valence-corrected chi connectivity index (χ2v) is 21.6. The van der Waals surface area contributed by atoms with Gasteiger partial charge in [0.2, 0.25) is 0 Å². The molecule has 15 rings (SSSR count). The number of hydrogen-bond acceptors (Lipinski definition) is 0. The van der Waals surface area contributed by atoms with E-state index >= 15 is 0 Å². The van der Waals surface area contributed by atoms with Crippen molar-refractivity contribution >= 4 is 60.6 Å². The normalized spacial score (nSPS) is 13.8. The molecule has 0 fully saturated rings. The van der Waals surface area contributed by atoms with Crippen LogP contribution in [0.5, 0.6) is 0 Å². The minimum Gasteiger partial charge on any atom is -0.310 e. The molecular weight excluding hydrogens is 895 g/mol. The highest BCUT2D eigenvalue weighted by Gasteiger charge is 2.46. The maximum Gasteiger partial charge on any atom is 0.0714 e. The Morgan fingerprint density at radius 3 is 1.43 bits per heavy atom. The molecule has 3 heterocycles. The van der Waals surface area contributed by atoms with Crippen LogP contribution in [0.15, 0.2) is 237 Å². The van der Waals surface area contributed by atoms with Crippen molar-refractivity contribution in [1.82, 2.24) is 13.7 Å². The van der Waals surface area contributed by atoms with Gasteiger partial charge in [-0.25, -0.2) is 0 Å². The van der Waals surface area contributed by atoms with Gasteiger partial charge in [0, 0.05) is 49.7 Å². The first kappa shape index (κ1) is 42.7. The van der Waals surface area contributed by atoms with Crippen molar-refractivity contribution in [3.05, 3.63) is 276 Å². The van der Waals surface area contributed by atoms with Crippen molar-refractivity contribution in [1.29, 1.82) is 0 Å². The van der Waals surface area contributed by atoms with Crippen molar-refractivity contribution in [2.24, 2.45) is 0 Å². The van der Waals surface area contributed by atoms with Gasteiger partial charge in [0.25, 0.3) is 0 Å². The molecule has 13 aromatic rings. The van der Waals surface area contributed by atoms with E-state index in [2.05, 4.69) is 277 Å². The molecule has 0 unspecified atom stereocenters. The topological polar surface area (TPSA) is 14.8 Å². The first-order valence-corrected chi connectivity index (χ1v) is 26.2. The highest BCUT2D eigenvalue weighted by atomic mass is 15.0. The lowest BCUT2D eigenvalue weighted by Gasteiger charge is -2.34. The van der Waals surface area contributed by atoms with Crippen LogP contribution in [-0.4, -0.2) is 13.7 Å². The number of rotatable bonds is 6. The van der Waals surface area contributed by atoms with E-state index in [0.717, 1.165) is 29.8 Å². The largest absolute Gasteiger partial charge is 0.310 e. The monoisotopic (exact) mass is 947 g/mol. The third-order valence-corrected chi connectivity index (χ3v) is 16.5. The van der Waals surface area contributed by atoms with Crippen LogP contribution >= 0.6 is 0 Å². The summed E-state index contributed by atoms with van der Waals surface area (Å²) in [7, 11) is 0. The molecule has 0 bridgehead atoms. The second-order valence-electron chi connectivity index (χ2n) is 21.6. The summed E-state index contributed by atoms with van der Waals surface area (Å²) in [6.07, 6.45) is 6.74. The maximum atomic E-state index is 2.56. The Balaban J connectivity index is 0.990. The van der Waals surface area contributed by atoms with Crippen molar-refractivity contribution in [3.8, 4) is 39.3 Å². The van der Waals surface area contributed by atoms with Gasteiger partial charge in [0.1, 0.15) is 0 Å². The predicted octanol–water partition coefficient (Wildman–Crippen LogP) is 18.1. The van der Waals surface area contributed by atoms with Crippen LogP contribution in [0.3, 0.4) is 0 Å². The van der Waals surface area contributed by atoms with Gasteiger partial charge in [-0.1, -0.05) is 185 Å². The third-order valence-electron chi connectivity index (χ3n) is 16.5. The molecule has 3 aromatic heterocycles. The average Bonchev–Trinajstić information content (AvgIpc) is 4.18. The lowest BCUT2D eigenvalue weighted by Crippen LogP contribution is -2.28. The lowest BCUT2D eigenvalue weighted by molar-refractivity contribution is 0.590. The molecule has 0 atom stereocenters. The zero-order valence-corrected chi connectivity index (χ0v) is 41.8. The van der Waals surface area contributed by atoms with Crippen LogP contribution in [0.4, 0.5) is 0 Å². The van der Waals surface area contributed by atoms with Crippen LogP contribution in [0, 0.1) is 0 Å². The number of para-hydroxylation sites is 4.